The van der Waals surface area contributed by atoms with Crippen LogP contribution in [0.3, 0.4) is 0 Å². The van der Waals surface area contributed by atoms with Crippen LogP contribution in [0.15, 0.2) is 83.4 Å². The van der Waals surface area contributed by atoms with Crippen LogP contribution in [-0.2, 0) is 9.92 Å². The van der Waals surface area contributed by atoms with Crippen LogP contribution >= 0.6 is 0 Å². The topological polar surface area (TPSA) is 122 Å². The number of fused-ring (bicyclic) bond motifs is 1. The molecule has 1 aliphatic rings. The van der Waals surface area contributed by atoms with E-state index in [0.717, 1.165) is 29.9 Å². The molecular formula is C27H27FN6O2S. The number of rotatable bonds is 7. The number of nitrogens with zero attached hydrogens (tertiary/aromatic N) is 2. The van der Waals surface area contributed by atoms with Crippen molar-refractivity contribution in [1.29, 1.82) is 0 Å². The number of halogens is 1. The highest BCUT2D eigenvalue weighted by molar-refractivity contribution is 7.90. The minimum absolute atomic E-state index is 0.0128. The van der Waals surface area contributed by atoms with E-state index in [1.54, 1.807) is 42.6 Å². The number of pyridine rings is 1. The molecule has 0 radical (unpaired) electrons. The molecule has 1 aliphatic carbocycles. The first-order chi connectivity index (χ1) is 17.7. The number of benzene rings is 3. The van der Waals surface area contributed by atoms with E-state index in [0.29, 0.717) is 22.2 Å². The number of amides is 1. The maximum absolute atomic E-state index is 13.7. The van der Waals surface area contributed by atoms with Crippen LogP contribution in [0.5, 0.6) is 0 Å². The summed E-state index contributed by atoms with van der Waals surface area (Å²) in [5.41, 5.74) is 4.23. The number of hydrogen-bond acceptors (Lipinski definition) is 6. The average Bonchev–Trinajstić information content (AvgIpc) is 2.83. The van der Waals surface area contributed by atoms with Gasteiger partial charge in [-0.1, -0.05) is 6.07 Å². The molecule has 190 valence electrons. The van der Waals surface area contributed by atoms with Crippen molar-refractivity contribution in [2.45, 2.75) is 24.9 Å². The van der Waals surface area contributed by atoms with Crippen molar-refractivity contribution in [3.05, 3.63) is 90.4 Å². The molecule has 1 amide bonds. The summed E-state index contributed by atoms with van der Waals surface area (Å²) in [6.45, 7) is 0. The third-order valence-corrected chi connectivity index (χ3v) is 6.81. The SMILES string of the molecule is CS(N)(=O)=NC1CC(Nc2cccc(NC(=O)c3ccc(Nc4ccnc5ccc(F)cc45)cc3)c2)C1. The molecule has 37 heavy (non-hydrogen) atoms. The molecule has 5 N–H and O–H groups in total. The number of aromatic nitrogens is 1. The molecule has 0 bridgehead atoms. The van der Waals surface area contributed by atoms with E-state index in [4.69, 9.17) is 5.14 Å². The maximum Gasteiger partial charge on any atom is 0.255 e. The van der Waals surface area contributed by atoms with E-state index in [9.17, 15) is 13.4 Å². The summed E-state index contributed by atoms with van der Waals surface area (Å²) in [7, 11) is -2.58. The predicted octanol–water partition coefficient (Wildman–Crippen LogP) is 5.28. The van der Waals surface area contributed by atoms with Gasteiger partial charge in [0.05, 0.1) is 11.6 Å². The fourth-order valence-electron chi connectivity index (χ4n) is 4.30. The summed E-state index contributed by atoms with van der Waals surface area (Å²) in [5, 5.41) is 15.8. The van der Waals surface area contributed by atoms with Crippen LogP contribution < -0.4 is 21.1 Å². The van der Waals surface area contributed by atoms with Gasteiger partial charge in [-0.2, -0.15) is 0 Å². The molecule has 0 spiro atoms. The Hall–Kier alpha value is -4.02. The van der Waals surface area contributed by atoms with Crippen LogP contribution in [-0.4, -0.2) is 33.4 Å². The van der Waals surface area contributed by atoms with Crippen LogP contribution in [0.2, 0.25) is 0 Å². The number of carbonyl (C=O) groups excluding carboxylic acids is 1. The lowest BCUT2D eigenvalue weighted by molar-refractivity contribution is 0.102. The van der Waals surface area contributed by atoms with Gasteiger partial charge in [0.25, 0.3) is 5.91 Å². The largest absolute Gasteiger partial charge is 0.382 e. The first-order valence-corrected chi connectivity index (χ1v) is 13.8. The molecule has 1 saturated carbocycles. The van der Waals surface area contributed by atoms with Gasteiger partial charge in [0.2, 0.25) is 0 Å². The van der Waals surface area contributed by atoms with E-state index >= 15 is 0 Å². The van der Waals surface area contributed by atoms with Gasteiger partial charge in [0.1, 0.15) is 15.7 Å². The Morgan fingerprint density at radius 3 is 2.54 bits per heavy atom. The zero-order valence-corrected chi connectivity index (χ0v) is 21.0. The summed E-state index contributed by atoms with van der Waals surface area (Å²) in [6, 6.07) is 21.0. The monoisotopic (exact) mass is 518 g/mol. The summed E-state index contributed by atoms with van der Waals surface area (Å²) in [4.78, 5) is 17.1. The Morgan fingerprint density at radius 2 is 1.78 bits per heavy atom. The first kappa shape index (κ1) is 24.7. The number of nitrogens with one attached hydrogen (secondary N) is 3. The molecular weight excluding hydrogens is 491 g/mol. The summed E-state index contributed by atoms with van der Waals surface area (Å²) in [6.07, 6.45) is 4.64. The minimum Gasteiger partial charge on any atom is -0.382 e. The molecule has 8 nitrogen and oxygen atoms in total. The number of hydrogen-bond donors (Lipinski definition) is 4. The lowest BCUT2D eigenvalue weighted by atomic mass is 9.87. The highest BCUT2D eigenvalue weighted by Crippen LogP contribution is 2.29. The van der Waals surface area contributed by atoms with Gasteiger partial charge in [0, 0.05) is 52.2 Å². The Kier molecular flexibility index (Phi) is 6.77. The smallest absolute Gasteiger partial charge is 0.255 e. The summed E-state index contributed by atoms with van der Waals surface area (Å²) in [5.74, 6) is -0.565. The fourth-order valence-corrected chi connectivity index (χ4v) is 5.07. The van der Waals surface area contributed by atoms with Crippen LogP contribution in [0, 0.1) is 5.82 Å². The molecule has 3 aromatic carbocycles. The van der Waals surface area contributed by atoms with E-state index in [2.05, 4.69) is 25.3 Å². The molecule has 1 heterocycles. The Balaban J connectivity index is 1.20. The Morgan fingerprint density at radius 1 is 1.03 bits per heavy atom. The van der Waals surface area contributed by atoms with Gasteiger partial charge in [0.15, 0.2) is 0 Å². The zero-order chi connectivity index (χ0) is 26.0. The Bertz CT molecular complexity index is 1570. The molecule has 0 aliphatic heterocycles. The lowest BCUT2D eigenvalue weighted by Gasteiger charge is -2.34. The van der Waals surface area contributed by atoms with Crippen molar-refractivity contribution in [3.8, 4) is 0 Å². The fraction of sp³-hybridized carbons (Fsp3) is 0.185. The highest BCUT2D eigenvalue weighted by atomic mass is 32.2. The van der Waals surface area contributed by atoms with Crippen molar-refractivity contribution in [2.24, 2.45) is 9.50 Å². The van der Waals surface area contributed by atoms with Gasteiger partial charge in [-0.05, 0) is 79.6 Å². The normalized spacial score (nSPS) is 18.4. The third kappa shape index (κ3) is 6.22. The second-order valence-electron chi connectivity index (χ2n) is 9.19. The van der Waals surface area contributed by atoms with E-state index in [-0.39, 0.29) is 23.8 Å². The lowest BCUT2D eigenvalue weighted by Crippen LogP contribution is -2.39. The highest BCUT2D eigenvalue weighted by Gasteiger charge is 2.29. The summed E-state index contributed by atoms with van der Waals surface area (Å²) >= 11 is 0. The second-order valence-corrected chi connectivity index (χ2v) is 11.1. The average molecular weight is 519 g/mol. The van der Waals surface area contributed by atoms with Gasteiger partial charge >= 0.3 is 0 Å². The molecule has 1 unspecified atom stereocenters. The second kappa shape index (κ2) is 10.2. The first-order valence-electron chi connectivity index (χ1n) is 11.8. The van der Waals surface area contributed by atoms with E-state index in [1.165, 1.54) is 18.4 Å². The van der Waals surface area contributed by atoms with Gasteiger partial charge in [-0.25, -0.2) is 18.1 Å². The van der Waals surface area contributed by atoms with Gasteiger partial charge < -0.3 is 16.0 Å². The van der Waals surface area contributed by atoms with Crippen LogP contribution in [0.25, 0.3) is 10.9 Å². The molecule has 0 saturated heterocycles. The van der Waals surface area contributed by atoms with Gasteiger partial charge in [-0.3, -0.25) is 9.78 Å². The molecule has 5 rings (SSSR count). The molecule has 1 aromatic heterocycles. The number of carbonyl (C=O) groups is 1. The third-order valence-electron chi connectivity index (χ3n) is 6.09. The minimum atomic E-state index is -2.58. The van der Waals surface area contributed by atoms with Crippen molar-refractivity contribution < 1.29 is 13.4 Å². The van der Waals surface area contributed by atoms with Gasteiger partial charge in [-0.15, -0.1) is 0 Å². The predicted molar refractivity (Wildman–Crippen MR) is 147 cm³/mol. The van der Waals surface area contributed by atoms with Crippen LogP contribution in [0.4, 0.5) is 27.1 Å². The van der Waals surface area contributed by atoms with Crippen molar-refractivity contribution >= 4 is 49.5 Å². The van der Waals surface area contributed by atoms with Crippen molar-refractivity contribution in [1.82, 2.24) is 4.98 Å². The van der Waals surface area contributed by atoms with Crippen molar-refractivity contribution in [2.75, 3.05) is 22.2 Å². The molecule has 10 heteroatoms. The maximum atomic E-state index is 13.7. The van der Waals surface area contributed by atoms with Crippen LogP contribution in [0.1, 0.15) is 23.2 Å². The molecule has 4 aromatic rings. The number of anilines is 4. The molecule has 1 atom stereocenters. The van der Waals surface area contributed by atoms with Crippen molar-refractivity contribution in [3.63, 3.8) is 0 Å². The standard InChI is InChI=1S/C27H27FN6O2S/c1-37(29,36)34-23-15-22(16-23)31-20-3-2-4-21(14-20)33-27(35)17-5-8-19(9-6-17)32-26-11-12-30-25-10-7-18(28)13-24(25)26/h2-14,22-23,31H,15-16H2,1H3,(H,30,32)(H,33,35)(H2,29,34,36). The van der Waals surface area contributed by atoms with E-state index < -0.39 is 9.92 Å². The zero-order valence-electron chi connectivity index (χ0n) is 20.1. The Labute approximate surface area is 214 Å². The quantitative estimate of drug-likeness (QED) is 0.265. The number of nitrogens with two attached hydrogens (primary N) is 1. The van der Waals surface area contributed by atoms with E-state index in [1.807, 2.05) is 24.3 Å². The molecule has 1 fully saturated rings. The summed E-state index contributed by atoms with van der Waals surface area (Å²) < 4.78 is 29.5.